The molecule has 0 saturated carbocycles. The standard InChI is InChI=1S/C48H35N9/c1-31(2)40-49-41(32-18-8-3-9-19-32)53-46(50-40)37-28-38(47-54-42(33-20-10-4-11-21-33)51-43(55-47)34-22-12-5-13-23-34)30-39(29-37)48-56-44(35-24-14-6-15-25-35)52-45(57-48)36-26-16-7-17-27-36/h3-31H,1-2H3. The van der Waals surface area contributed by atoms with Gasteiger partial charge in [-0.2, -0.15) is 0 Å². The van der Waals surface area contributed by atoms with E-state index in [1.54, 1.807) is 0 Å². The van der Waals surface area contributed by atoms with E-state index in [0.717, 1.165) is 44.5 Å². The summed E-state index contributed by atoms with van der Waals surface area (Å²) in [6.45, 7) is 4.16. The average molecular weight is 738 g/mol. The molecular formula is C48H35N9. The minimum Gasteiger partial charge on any atom is -0.213 e. The summed E-state index contributed by atoms with van der Waals surface area (Å²) in [6.07, 6.45) is 0. The van der Waals surface area contributed by atoms with Crippen LogP contribution >= 0.6 is 0 Å². The first-order valence-electron chi connectivity index (χ1n) is 18.8. The van der Waals surface area contributed by atoms with Crippen LogP contribution in [0, 0.1) is 0 Å². The smallest absolute Gasteiger partial charge is 0.164 e. The van der Waals surface area contributed by atoms with Gasteiger partial charge in [0.2, 0.25) is 0 Å². The third-order valence-electron chi connectivity index (χ3n) is 9.31. The van der Waals surface area contributed by atoms with Crippen LogP contribution in [0.5, 0.6) is 0 Å². The Labute approximate surface area is 330 Å². The summed E-state index contributed by atoms with van der Waals surface area (Å²) in [5.74, 6) is 5.01. The Bertz CT molecular complexity index is 2540. The molecule has 9 aromatic rings. The van der Waals surface area contributed by atoms with Crippen LogP contribution in [0.2, 0.25) is 0 Å². The molecule has 9 rings (SSSR count). The molecule has 0 spiro atoms. The largest absolute Gasteiger partial charge is 0.213 e. The van der Waals surface area contributed by atoms with Gasteiger partial charge in [0, 0.05) is 50.4 Å². The molecule has 57 heavy (non-hydrogen) atoms. The predicted octanol–water partition coefficient (Wildman–Crippen LogP) is 10.7. The van der Waals surface area contributed by atoms with E-state index < -0.39 is 0 Å². The Morgan fingerprint density at radius 1 is 0.246 bits per heavy atom. The molecule has 0 N–H and O–H groups in total. The maximum absolute atomic E-state index is 5.08. The Balaban J connectivity index is 1.31. The molecule has 0 saturated heterocycles. The van der Waals surface area contributed by atoms with Gasteiger partial charge in [-0.05, 0) is 18.2 Å². The highest BCUT2D eigenvalue weighted by molar-refractivity contribution is 5.78. The molecule has 3 aromatic heterocycles. The number of benzene rings is 6. The van der Waals surface area contributed by atoms with E-state index in [4.69, 9.17) is 44.9 Å². The number of nitrogens with zero attached hydrogens (tertiary/aromatic N) is 9. The van der Waals surface area contributed by atoms with Crippen molar-refractivity contribution >= 4 is 0 Å². The highest BCUT2D eigenvalue weighted by Crippen LogP contribution is 2.34. The predicted molar refractivity (Wildman–Crippen MR) is 224 cm³/mol. The van der Waals surface area contributed by atoms with Gasteiger partial charge in [-0.3, -0.25) is 0 Å². The van der Waals surface area contributed by atoms with Gasteiger partial charge in [-0.1, -0.05) is 166 Å². The van der Waals surface area contributed by atoms with Crippen LogP contribution in [-0.4, -0.2) is 44.9 Å². The second-order valence-corrected chi connectivity index (χ2v) is 13.7. The van der Waals surface area contributed by atoms with Gasteiger partial charge in [0.15, 0.2) is 46.6 Å². The van der Waals surface area contributed by atoms with Crippen molar-refractivity contribution < 1.29 is 0 Å². The lowest BCUT2D eigenvalue weighted by Gasteiger charge is -2.14. The summed E-state index contributed by atoms with van der Waals surface area (Å²) >= 11 is 0. The molecule has 0 amide bonds. The van der Waals surface area contributed by atoms with Crippen LogP contribution in [0.4, 0.5) is 0 Å². The zero-order chi connectivity index (χ0) is 38.6. The summed E-state index contributed by atoms with van der Waals surface area (Å²) in [7, 11) is 0. The van der Waals surface area contributed by atoms with Crippen LogP contribution in [0.1, 0.15) is 25.6 Å². The average Bonchev–Trinajstić information content (AvgIpc) is 3.30. The first-order chi connectivity index (χ1) is 28.0. The fourth-order valence-corrected chi connectivity index (χ4v) is 6.39. The molecule has 9 nitrogen and oxygen atoms in total. The van der Waals surface area contributed by atoms with Crippen LogP contribution in [0.25, 0.3) is 91.1 Å². The Morgan fingerprint density at radius 3 is 0.667 bits per heavy atom. The molecule has 3 heterocycles. The van der Waals surface area contributed by atoms with Crippen molar-refractivity contribution in [2.75, 3.05) is 0 Å². The van der Waals surface area contributed by atoms with E-state index in [0.29, 0.717) is 52.4 Å². The fraction of sp³-hybridized carbons (Fsp3) is 0.0625. The van der Waals surface area contributed by atoms with Gasteiger partial charge < -0.3 is 0 Å². The maximum Gasteiger partial charge on any atom is 0.164 e. The van der Waals surface area contributed by atoms with Crippen molar-refractivity contribution in [2.45, 2.75) is 19.8 Å². The molecule has 0 unspecified atom stereocenters. The molecule has 9 heteroatoms. The van der Waals surface area contributed by atoms with Crippen molar-refractivity contribution in [1.29, 1.82) is 0 Å². The van der Waals surface area contributed by atoms with Gasteiger partial charge >= 0.3 is 0 Å². The van der Waals surface area contributed by atoms with Crippen LogP contribution < -0.4 is 0 Å². The lowest BCUT2D eigenvalue weighted by Crippen LogP contribution is -2.05. The topological polar surface area (TPSA) is 116 Å². The molecule has 272 valence electrons. The van der Waals surface area contributed by atoms with Crippen molar-refractivity contribution in [1.82, 2.24) is 44.9 Å². The quantitative estimate of drug-likeness (QED) is 0.143. The first kappa shape index (κ1) is 35.1. The molecular weight excluding hydrogens is 703 g/mol. The molecule has 0 aliphatic carbocycles. The molecule has 0 atom stereocenters. The summed E-state index contributed by atoms with van der Waals surface area (Å²) in [5.41, 5.74) is 6.56. The Hall–Kier alpha value is -7.65. The Kier molecular flexibility index (Phi) is 9.60. The highest BCUT2D eigenvalue weighted by Gasteiger charge is 2.20. The highest BCUT2D eigenvalue weighted by atomic mass is 15.1. The number of hydrogen-bond donors (Lipinski definition) is 0. The van der Waals surface area contributed by atoms with Crippen LogP contribution in [0.15, 0.2) is 170 Å². The second-order valence-electron chi connectivity index (χ2n) is 13.7. The van der Waals surface area contributed by atoms with E-state index in [1.165, 1.54) is 0 Å². The summed E-state index contributed by atoms with van der Waals surface area (Å²) in [5, 5.41) is 0. The van der Waals surface area contributed by atoms with E-state index >= 15 is 0 Å². The molecule has 0 bridgehead atoms. The van der Waals surface area contributed by atoms with E-state index in [2.05, 4.69) is 13.8 Å². The van der Waals surface area contributed by atoms with E-state index in [1.807, 2.05) is 170 Å². The van der Waals surface area contributed by atoms with Crippen LogP contribution in [0.3, 0.4) is 0 Å². The van der Waals surface area contributed by atoms with Crippen molar-refractivity contribution in [3.63, 3.8) is 0 Å². The molecule has 6 aromatic carbocycles. The molecule has 0 radical (unpaired) electrons. The SMILES string of the molecule is CC(C)c1nc(-c2ccccc2)nc(-c2cc(-c3nc(-c4ccccc4)nc(-c4ccccc4)n3)cc(-c3nc(-c4ccccc4)nc(-c4ccccc4)n3)c2)n1. The summed E-state index contributed by atoms with van der Waals surface area (Å²) in [6, 6.07) is 55.8. The number of hydrogen-bond acceptors (Lipinski definition) is 9. The summed E-state index contributed by atoms with van der Waals surface area (Å²) in [4.78, 5) is 45.2. The molecule has 0 fully saturated rings. The number of aromatic nitrogens is 9. The van der Waals surface area contributed by atoms with E-state index in [9.17, 15) is 0 Å². The van der Waals surface area contributed by atoms with Crippen LogP contribution in [-0.2, 0) is 0 Å². The maximum atomic E-state index is 5.08. The minimum atomic E-state index is 0.0487. The third-order valence-corrected chi connectivity index (χ3v) is 9.31. The minimum absolute atomic E-state index is 0.0487. The van der Waals surface area contributed by atoms with Gasteiger partial charge in [-0.15, -0.1) is 0 Å². The number of rotatable bonds is 9. The van der Waals surface area contributed by atoms with Crippen molar-refractivity contribution in [2.24, 2.45) is 0 Å². The zero-order valence-corrected chi connectivity index (χ0v) is 31.3. The first-order valence-corrected chi connectivity index (χ1v) is 18.8. The summed E-state index contributed by atoms with van der Waals surface area (Å²) < 4.78 is 0. The Morgan fingerprint density at radius 2 is 0.439 bits per heavy atom. The second kappa shape index (κ2) is 15.6. The molecule has 0 aliphatic rings. The fourth-order valence-electron chi connectivity index (χ4n) is 6.39. The van der Waals surface area contributed by atoms with Gasteiger partial charge in [0.1, 0.15) is 5.82 Å². The third kappa shape index (κ3) is 7.67. The van der Waals surface area contributed by atoms with Crippen molar-refractivity contribution in [3.05, 3.63) is 176 Å². The van der Waals surface area contributed by atoms with Crippen molar-refractivity contribution in [3.8, 4) is 91.1 Å². The van der Waals surface area contributed by atoms with Gasteiger partial charge in [0.25, 0.3) is 0 Å². The zero-order valence-electron chi connectivity index (χ0n) is 31.3. The monoisotopic (exact) mass is 737 g/mol. The van der Waals surface area contributed by atoms with Gasteiger partial charge in [0.05, 0.1) is 0 Å². The molecule has 0 aliphatic heterocycles. The lowest BCUT2D eigenvalue weighted by molar-refractivity contribution is 0.766. The van der Waals surface area contributed by atoms with Gasteiger partial charge in [-0.25, -0.2) is 44.9 Å². The van der Waals surface area contributed by atoms with E-state index in [-0.39, 0.29) is 5.92 Å². The lowest BCUT2D eigenvalue weighted by atomic mass is 10.0. The normalized spacial score (nSPS) is 11.1.